The quantitative estimate of drug-likeness (QED) is 0.778. The van der Waals surface area contributed by atoms with Gasteiger partial charge in [-0.1, -0.05) is 19.9 Å². The van der Waals surface area contributed by atoms with Crippen molar-refractivity contribution in [2.75, 3.05) is 19.6 Å². The third kappa shape index (κ3) is 4.06. The molecule has 0 bridgehead atoms. The van der Waals surface area contributed by atoms with Crippen molar-refractivity contribution in [3.05, 3.63) is 28.2 Å². The standard InChI is InChI=1S/C15H23BrN2O2S/c1-3-7-17-10-13-4-5-14(16)15(9-13)21(19,20)18-8-6-12(2)11-18/h4-5,9,12,17H,3,6-8,10-11H2,1-2H3. The molecule has 1 fully saturated rings. The molecule has 0 aromatic heterocycles. The van der Waals surface area contributed by atoms with E-state index < -0.39 is 10.0 Å². The first-order valence-corrected chi connectivity index (χ1v) is 9.67. The summed E-state index contributed by atoms with van der Waals surface area (Å²) in [6.45, 7) is 7.07. The summed E-state index contributed by atoms with van der Waals surface area (Å²) in [4.78, 5) is 0.382. The van der Waals surface area contributed by atoms with Crippen molar-refractivity contribution in [3.63, 3.8) is 0 Å². The molecule has 0 aliphatic carbocycles. The number of halogens is 1. The summed E-state index contributed by atoms with van der Waals surface area (Å²) in [6.07, 6.45) is 2.00. The van der Waals surface area contributed by atoms with Gasteiger partial charge in [0.1, 0.15) is 0 Å². The van der Waals surface area contributed by atoms with Gasteiger partial charge in [0.15, 0.2) is 0 Å². The lowest BCUT2D eigenvalue weighted by molar-refractivity contribution is 0.464. The lowest BCUT2D eigenvalue weighted by Gasteiger charge is -2.18. The largest absolute Gasteiger partial charge is 0.313 e. The number of nitrogens with one attached hydrogen (secondary N) is 1. The Labute approximate surface area is 136 Å². The zero-order chi connectivity index (χ0) is 15.5. The summed E-state index contributed by atoms with van der Waals surface area (Å²) in [5.74, 6) is 0.438. The van der Waals surface area contributed by atoms with Crippen LogP contribution in [0.4, 0.5) is 0 Å². The predicted octanol–water partition coefficient (Wildman–Crippen LogP) is 2.98. The van der Waals surface area contributed by atoms with Crippen LogP contribution in [-0.2, 0) is 16.6 Å². The number of nitrogens with zero attached hydrogens (tertiary/aromatic N) is 1. The maximum absolute atomic E-state index is 12.8. The van der Waals surface area contributed by atoms with Crippen LogP contribution < -0.4 is 5.32 Å². The monoisotopic (exact) mass is 374 g/mol. The second-order valence-electron chi connectivity index (χ2n) is 5.70. The Balaban J connectivity index is 2.23. The summed E-state index contributed by atoms with van der Waals surface area (Å²) in [5, 5.41) is 3.30. The van der Waals surface area contributed by atoms with E-state index in [9.17, 15) is 8.42 Å². The van der Waals surface area contributed by atoms with E-state index in [4.69, 9.17) is 0 Å². The van der Waals surface area contributed by atoms with Gasteiger partial charge in [-0.15, -0.1) is 0 Å². The van der Waals surface area contributed by atoms with E-state index in [0.717, 1.165) is 24.9 Å². The predicted molar refractivity (Wildman–Crippen MR) is 88.7 cm³/mol. The van der Waals surface area contributed by atoms with E-state index in [2.05, 4.69) is 35.1 Å². The van der Waals surface area contributed by atoms with E-state index in [1.165, 1.54) is 0 Å². The molecule has 0 amide bonds. The maximum atomic E-state index is 12.8. The first-order valence-electron chi connectivity index (χ1n) is 7.44. The molecule has 4 nitrogen and oxygen atoms in total. The normalized spacial score (nSPS) is 20.0. The number of hydrogen-bond acceptors (Lipinski definition) is 3. The zero-order valence-electron chi connectivity index (χ0n) is 12.6. The molecule has 0 radical (unpaired) electrons. The molecule has 1 aromatic carbocycles. The molecule has 0 saturated carbocycles. The summed E-state index contributed by atoms with van der Waals surface area (Å²) >= 11 is 3.38. The van der Waals surface area contributed by atoms with Gasteiger partial charge in [0.05, 0.1) is 4.90 Å². The topological polar surface area (TPSA) is 49.4 Å². The third-order valence-electron chi connectivity index (χ3n) is 3.76. The van der Waals surface area contributed by atoms with E-state index in [-0.39, 0.29) is 0 Å². The highest BCUT2D eigenvalue weighted by molar-refractivity contribution is 9.10. The zero-order valence-corrected chi connectivity index (χ0v) is 15.0. The van der Waals surface area contributed by atoms with E-state index in [1.807, 2.05) is 12.1 Å². The lowest BCUT2D eigenvalue weighted by atomic mass is 10.2. The SMILES string of the molecule is CCCNCc1ccc(Br)c(S(=O)(=O)N2CCC(C)C2)c1. The maximum Gasteiger partial charge on any atom is 0.244 e. The van der Waals surface area contributed by atoms with Gasteiger partial charge in [0.25, 0.3) is 0 Å². The fourth-order valence-corrected chi connectivity index (χ4v) is 5.07. The molecule has 1 N–H and O–H groups in total. The number of benzene rings is 1. The van der Waals surface area contributed by atoms with Crippen LogP contribution in [0.5, 0.6) is 0 Å². The van der Waals surface area contributed by atoms with Crippen LogP contribution in [0.2, 0.25) is 0 Å². The molecule has 1 aliphatic rings. The van der Waals surface area contributed by atoms with Crippen LogP contribution in [0.3, 0.4) is 0 Å². The molecule has 1 aromatic rings. The summed E-state index contributed by atoms with van der Waals surface area (Å²) < 4.78 is 27.8. The molecule has 1 saturated heterocycles. The second-order valence-corrected chi connectivity index (χ2v) is 8.46. The molecule has 1 unspecified atom stereocenters. The van der Waals surface area contributed by atoms with Crippen molar-refractivity contribution in [1.29, 1.82) is 0 Å². The number of hydrogen-bond donors (Lipinski definition) is 1. The Hall–Kier alpha value is -0.430. The molecule has 1 atom stereocenters. The minimum absolute atomic E-state index is 0.382. The van der Waals surface area contributed by atoms with Crippen LogP contribution in [0.15, 0.2) is 27.6 Å². The van der Waals surface area contributed by atoms with Crippen molar-refractivity contribution in [2.24, 2.45) is 5.92 Å². The van der Waals surface area contributed by atoms with E-state index >= 15 is 0 Å². The fraction of sp³-hybridized carbons (Fsp3) is 0.600. The third-order valence-corrected chi connectivity index (χ3v) is 6.61. The van der Waals surface area contributed by atoms with Crippen LogP contribution >= 0.6 is 15.9 Å². The van der Waals surface area contributed by atoms with Crippen molar-refractivity contribution in [2.45, 2.75) is 38.1 Å². The Morgan fingerprint density at radius 2 is 2.19 bits per heavy atom. The number of sulfonamides is 1. The van der Waals surface area contributed by atoms with E-state index in [1.54, 1.807) is 10.4 Å². The summed E-state index contributed by atoms with van der Waals surface area (Å²) in [6, 6.07) is 5.57. The Kier molecular flexibility index (Phi) is 5.82. The highest BCUT2D eigenvalue weighted by atomic mass is 79.9. The molecular weight excluding hydrogens is 352 g/mol. The molecule has 1 aliphatic heterocycles. The van der Waals surface area contributed by atoms with Gasteiger partial charge in [-0.2, -0.15) is 4.31 Å². The van der Waals surface area contributed by atoms with Gasteiger partial charge in [0, 0.05) is 24.1 Å². The van der Waals surface area contributed by atoms with Gasteiger partial charge in [-0.05, 0) is 58.9 Å². The fourth-order valence-electron chi connectivity index (χ4n) is 2.52. The van der Waals surface area contributed by atoms with Crippen LogP contribution in [0.25, 0.3) is 0 Å². The van der Waals surface area contributed by atoms with Crippen LogP contribution in [-0.4, -0.2) is 32.4 Å². The molecule has 1 heterocycles. The molecular formula is C15H23BrN2O2S. The molecule has 118 valence electrons. The molecule has 6 heteroatoms. The van der Waals surface area contributed by atoms with Crippen molar-refractivity contribution in [3.8, 4) is 0 Å². The molecule has 0 spiro atoms. The average Bonchev–Trinajstić information content (AvgIpc) is 2.88. The average molecular weight is 375 g/mol. The Morgan fingerprint density at radius 1 is 1.43 bits per heavy atom. The summed E-state index contributed by atoms with van der Waals surface area (Å²) in [7, 11) is -3.40. The minimum atomic E-state index is -3.40. The molecule has 21 heavy (non-hydrogen) atoms. The van der Waals surface area contributed by atoms with Gasteiger partial charge >= 0.3 is 0 Å². The van der Waals surface area contributed by atoms with Gasteiger partial charge in [0.2, 0.25) is 10.0 Å². The van der Waals surface area contributed by atoms with Gasteiger partial charge < -0.3 is 5.32 Å². The van der Waals surface area contributed by atoms with Gasteiger partial charge in [-0.3, -0.25) is 0 Å². The smallest absolute Gasteiger partial charge is 0.244 e. The first kappa shape index (κ1) is 16.9. The van der Waals surface area contributed by atoms with E-state index in [0.29, 0.717) is 34.9 Å². The van der Waals surface area contributed by atoms with Gasteiger partial charge in [-0.25, -0.2) is 8.42 Å². The van der Waals surface area contributed by atoms with Crippen molar-refractivity contribution in [1.82, 2.24) is 9.62 Å². The highest BCUT2D eigenvalue weighted by Crippen LogP contribution is 2.29. The van der Waals surface area contributed by atoms with Crippen LogP contribution in [0.1, 0.15) is 32.3 Å². The first-order chi connectivity index (χ1) is 9.95. The summed E-state index contributed by atoms with van der Waals surface area (Å²) in [5.41, 5.74) is 0.998. The Morgan fingerprint density at radius 3 is 2.81 bits per heavy atom. The van der Waals surface area contributed by atoms with Crippen molar-refractivity contribution >= 4 is 26.0 Å². The highest BCUT2D eigenvalue weighted by Gasteiger charge is 2.31. The lowest BCUT2D eigenvalue weighted by Crippen LogP contribution is -2.29. The Bertz CT molecular complexity index is 589. The van der Waals surface area contributed by atoms with Crippen molar-refractivity contribution < 1.29 is 8.42 Å². The minimum Gasteiger partial charge on any atom is -0.313 e. The second kappa shape index (κ2) is 7.22. The molecule has 2 rings (SSSR count). The number of rotatable bonds is 6. The van der Waals surface area contributed by atoms with Crippen LogP contribution in [0, 0.1) is 5.92 Å².